The van der Waals surface area contributed by atoms with Gasteiger partial charge in [-0.1, -0.05) is 40.9 Å². The second-order valence-electron chi connectivity index (χ2n) is 3.36. The van der Waals surface area contributed by atoms with Crippen molar-refractivity contribution < 1.29 is 5.11 Å². The van der Waals surface area contributed by atoms with Gasteiger partial charge >= 0.3 is 0 Å². The smallest absolute Gasteiger partial charge is 0.106 e. The lowest BCUT2D eigenvalue weighted by atomic mass is 10.0. The SMILES string of the molecule is OC(c1ccc(Br)c(Cl)c1)c1cc(Cl)sc1Cl. The summed E-state index contributed by atoms with van der Waals surface area (Å²) in [7, 11) is 0. The van der Waals surface area contributed by atoms with Crippen molar-refractivity contribution in [3.63, 3.8) is 0 Å². The number of benzene rings is 1. The van der Waals surface area contributed by atoms with E-state index in [-0.39, 0.29) is 0 Å². The summed E-state index contributed by atoms with van der Waals surface area (Å²) in [4.78, 5) is 0. The standard InChI is InChI=1S/C11H6BrCl3OS/c12-7-2-1-5(3-8(7)13)10(16)6-4-9(14)17-11(6)15/h1-4,10,16H. The molecule has 1 unspecified atom stereocenters. The highest BCUT2D eigenvalue weighted by atomic mass is 79.9. The third kappa shape index (κ3) is 2.98. The van der Waals surface area contributed by atoms with Crippen LogP contribution in [0, 0.1) is 0 Å². The summed E-state index contributed by atoms with van der Waals surface area (Å²) in [6, 6.07) is 6.92. The first-order valence-electron chi connectivity index (χ1n) is 4.57. The molecule has 90 valence electrons. The molecule has 0 saturated heterocycles. The number of aliphatic hydroxyl groups is 1. The number of thiophene rings is 1. The minimum absolute atomic E-state index is 0.488. The van der Waals surface area contributed by atoms with Crippen LogP contribution in [0.4, 0.5) is 0 Å². The largest absolute Gasteiger partial charge is 0.384 e. The lowest BCUT2D eigenvalue weighted by molar-refractivity contribution is 0.221. The summed E-state index contributed by atoms with van der Waals surface area (Å²) < 4.78 is 1.82. The third-order valence-corrected chi connectivity index (χ3v) is 4.99. The van der Waals surface area contributed by atoms with Crippen molar-refractivity contribution in [2.45, 2.75) is 6.10 Å². The van der Waals surface area contributed by atoms with Gasteiger partial charge in [-0.3, -0.25) is 0 Å². The average Bonchev–Trinajstić information content (AvgIpc) is 2.61. The van der Waals surface area contributed by atoms with Crippen molar-refractivity contribution in [3.05, 3.63) is 53.6 Å². The molecule has 0 saturated carbocycles. The molecule has 1 nitrogen and oxygen atoms in total. The number of rotatable bonds is 2. The molecule has 0 aliphatic rings. The molecule has 0 bridgehead atoms. The normalized spacial score (nSPS) is 12.8. The van der Waals surface area contributed by atoms with Crippen molar-refractivity contribution in [2.24, 2.45) is 0 Å². The molecule has 1 N–H and O–H groups in total. The van der Waals surface area contributed by atoms with Gasteiger partial charge in [-0.25, -0.2) is 0 Å². The maximum absolute atomic E-state index is 10.2. The highest BCUT2D eigenvalue weighted by molar-refractivity contribution is 9.10. The molecule has 0 amide bonds. The van der Waals surface area contributed by atoms with Crippen LogP contribution in [0.2, 0.25) is 13.7 Å². The number of halogens is 4. The maximum Gasteiger partial charge on any atom is 0.106 e. The van der Waals surface area contributed by atoms with Crippen LogP contribution in [0.15, 0.2) is 28.7 Å². The zero-order valence-corrected chi connectivity index (χ0v) is 12.9. The van der Waals surface area contributed by atoms with E-state index in [9.17, 15) is 5.11 Å². The van der Waals surface area contributed by atoms with Crippen molar-refractivity contribution in [3.8, 4) is 0 Å². The van der Waals surface area contributed by atoms with Gasteiger partial charge in [0.25, 0.3) is 0 Å². The Morgan fingerprint density at radius 3 is 2.41 bits per heavy atom. The molecule has 1 heterocycles. The molecule has 1 aromatic heterocycles. The Morgan fingerprint density at radius 2 is 1.88 bits per heavy atom. The summed E-state index contributed by atoms with van der Waals surface area (Å²) >= 11 is 22.3. The first kappa shape index (κ1) is 13.7. The summed E-state index contributed by atoms with van der Waals surface area (Å²) in [5, 5.41) is 10.7. The van der Waals surface area contributed by atoms with Crippen LogP contribution >= 0.6 is 62.1 Å². The Hall–Kier alpha value is 0.230. The summed E-state index contributed by atoms with van der Waals surface area (Å²) in [6.45, 7) is 0. The molecule has 1 atom stereocenters. The van der Waals surface area contributed by atoms with E-state index in [0.29, 0.717) is 24.8 Å². The van der Waals surface area contributed by atoms with E-state index in [4.69, 9.17) is 34.8 Å². The van der Waals surface area contributed by atoms with E-state index >= 15 is 0 Å². The second kappa shape index (κ2) is 5.47. The molecule has 2 aromatic rings. The molecule has 0 aliphatic heterocycles. The monoisotopic (exact) mass is 370 g/mol. The van der Waals surface area contributed by atoms with Gasteiger partial charge in [0.1, 0.15) is 10.4 Å². The maximum atomic E-state index is 10.2. The molecule has 2 rings (SSSR count). The van der Waals surface area contributed by atoms with Gasteiger partial charge in [0.05, 0.1) is 9.36 Å². The molecule has 6 heteroatoms. The molecule has 0 radical (unpaired) electrons. The molecular formula is C11H6BrCl3OS. The Bertz CT molecular complexity index is 556. The van der Waals surface area contributed by atoms with E-state index < -0.39 is 6.10 Å². The van der Waals surface area contributed by atoms with E-state index in [1.54, 1.807) is 24.3 Å². The molecular weight excluding hydrogens is 366 g/mol. The molecule has 17 heavy (non-hydrogen) atoms. The van der Waals surface area contributed by atoms with Crippen LogP contribution in [-0.2, 0) is 0 Å². The fraction of sp³-hybridized carbons (Fsp3) is 0.0909. The van der Waals surface area contributed by atoms with Gasteiger partial charge in [-0.05, 0) is 39.7 Å². The number of aliphatic hydroxyl groups excluding tert-OH is 1. The highest BCUT2D eigenvalue weighted by Gasteiger charge is 2.17. The Morgan fingerprint density at radius 1 is 1.18 bits per heavy atom. The number of hydrogen-bond acceptors (Lipinski definition) is 2. The topological polar surface area (TPSA) is 20.2 Å². The van der Waals surface area contributed by atoms with Crippen molar-refractivity contribution in [2.75, 3.05) is 0 Å². The van der Waals surface area contributed by atoms with Crippen LogP contribution in [-0.4, -0.2) is 5.11 Å². The summed E-state index contributed by atoms with van der Waals surface area (Å²) in [5.41, 5.74) is 1.27. The molecule has 0 spiro atoms. The van der Waals surface area contributed by atoms with Gasteiger partial charge in [0, 0.05) is 10.0 Å². The Balaban J connectivity index is 2.40. The fourth-order valence-electron chi connectivity index (χ4n) is 1.40. The summed E-state index contributed by atoms with van der Waals surface area (Å²) in [5.74, 6) is 0. The van der Waals surface area contributed by atoms with Gasteiger partial charge in [-0.15, -0.1) is 11.3 Å². The molecule has 1 aromatic carbocycles. The zero-order chi connectivity index (χ0) is 12.6. The first-order valence-corrected chi connectivity index (χ1v) is 7.31. The quantitative estimate of drug-likeness (QED) is 0.732. The predicted molar refractivity (Wildman–Crippen MR) is 77.6 cm³/mol. The van der Waals surface area contributed by atoms with Gasteiger partial charge in [-0.2, -0.15) is 0 Å². The minimum Gasteiger partial charge on any atom is -0.384 e. The van der Waals surface area contributed by atoms with Gasteiger partial charge in [0.15, 0.2) is 0 Å². The molecule has 0 fully saturated rings. The number of hydrogen-bond donors (Lipinski definition) is 1. The zero-order valence-electron chi connectivity index (χ0n) is 8.25. The Labute approximate surface area is 126 Å². The first-order chi connectivity index (χ1) is 7.99. The van der Waals surface area contributed by atoms with Crippen LogP contribution in [0.25, 0.3) is 0 Å². The third-order valence-electron chi connectivity index (χ3n) is 2.24. The molecule has 0 aliphatic carbocycles. The van der Waals surface area contributed by atoms with Crippen LogP contribution in [0.1, 0.15) is 17.2 Å². The van der Waals surface area contributed by atoms with Crippen molar-refractivity contribution >= 4 is 62.1 Å². The Kier molecular flexibility index (Phi) is 4.40. The average molecular weight is 372 g/mol. The van der Waals surface area contributed by atoms with Crippen LogP contribution < -0.4 is 0 Å². The van der Waals surface area contributed by atoms with Crippen molar-refractivity contribution in [1.29, 1.82) is 0 Å². The summed E-state index contributed by atoms with van der Waals surface area (Å²) in [6.07, 6.45) is -0.822. The van der Waals surface area contributed by atoms with E-state index in [1.165, 1.54) is 11.3 Å². The highest BCUT2D eigenvalue weighted by Crippen LogP contribution is 2.38. The lowest BCUT2D eigenvalue weighted by Gasteiger charge is -2.11. The second-order valence-corrected chi connectivity index (χ2v) is 6.90. The van der Waals surface area contributed by atoms with Crippen LogP contribution in [0.5, 0.6) is 0 Å². The minimum atomic E-state index is -0.822. The van der Waals surface area contributed by atoms with Gasteiger partial charge in [0.2, 0.25) is 0 Å². The lowest BCUT2D eigenvalue weighted by Crippen LogP contribution is -1.98. The van der Waals surface area contributed by atoms with E-state index in [1.807, 2.05) is 0 Å². The predicted octanol–water partition coefficient (Wildman–Crippen LogP) is 5.55. The van der Waals surface area contributed by atoms with E-state index in [0.717, 1.165) is 4.47 Å². The van der Waals surface area contributed by atoms with Gasteiger partial charge < -0.3 is 5.11 Å². The fourth-order valence-corrected chi connectivity index (χ4v) is 3.36. The van der Waals surface area contributed by atoms with Crippen LogP contribution in [0.3, 0.4) is 0 Å². The van der Waals surface area contributed by atoms with E-state index in [2.05, 4.69) is 15.9 Å². The van der Waals surface area contributed by atoms with Crippen molar-refractivity contribution in [1.82, 2.24) is 0 Å².